The van der Waals surface area contributed by atoms with Gasteiger partial charge in [0.25, 0.3) is 0 Å². The van der Waals surface area contributed by atoms with Gasteiger partial charge < -0.3 is 9.64 Å². The molecule has 0 saturated carbocycles. The lowest BCUT2D eigenvalue weighted by Gasteiger charge is -2.26. The molecule has 2 fully saturated rings. The first-order chi connectivity index (χ1) is 8.84. The van der Waals surface area contributed by atoms with Crippen LogP contribution in [0.25, 0.3) is 0 Å². The van der Waals surface area contributed by atoms with E-state index in [2.05, 4.69) is 4.98 Å². The van der Waals surface area contributed by atoms with Crippen molar-refractivity contribution in [3.63, 3.8) is 0 Å². The first-order valence-electron chi connectivity index (χ1n) is 6.27. The minimum Gasteiger partial charge on any atom is -0.376 e. The van der Waals surface area contributed by atoms with E-state index >= 15 is 0 Å². The predicted octanol–water partition coefficient (Wildman–Crippen LogP) is 1.83. The minimum absolute atomic E-state index is 0.129. The van der Waals surface area contributed by atoms with Crippen LogP contribution in [-0.2, 0) is 9.53 Å². The van der Waals surface area contributed by atoms with Gasteiger partial charge >= 0.3 is 0 Å². The van der Waals surface area contributed by atoms with E-state index < -0.39 is 0 Å². The normalized spacial score (nSPS) is 28.0. The molecule has 1 amide bonds. The molecule has 18 heavy (non-hydrogen) atoms. The van der Waals surface area contributed by atoms with Gasteiger partial charge in [-0.3, -0.25) is 9.78 Å². The lowest BCUT2D eigenvalue weighted by molar-refractivity contribution is -0.129. The summed E-state index contributed by atoms with van der Waals surface area (Å²) in [5.74, 6) is 0.789. The number of thioether (sulfide) groups is 1. The highest BCUT2D eigenvalue weighted by atomic mass is 32.2. The third kappa shape index (κ3) is 2.37. The molecule has 1 aromatic rings. The Balaban J connectivity index is 1.74. The van der Waals surface area contributed by atoms with Gasteiger partial charge in [-0.15, -0.1) is 11.8 Å². The Hall–Kier alpha value is -1.07. The molecule has 2 saturated heterocycles. The van der Waals surface area contributed by atoms with Crippen LogP contribution in [0.1, 0.15) is 23.8 Å². The number of hydrogen-bond donors (Lipinski definition) is 0. The number of carbonyl (C=O) groups is 1. The second kappa shape index (κ2) is 5.28. The van der Waals surface area contributed by atoms with Gasteiger partial charge in [-0.2, -0.15) is 0 Å². The van der Waals surface area contributed by atoms with Gasteiger partial charge in [0, 0.05) is 25.5 Å². The zero-order chi connectivity index (χ0) is 12.4. The van der Waals surface area contributed by atoms with Gasteiger partial charge in [-0.05, 0) is 30.5 Å². The zero-order valence-electron chi connectivity index (χ0n) is 10.1. The summed E-state index contributed by atoms with van der Waals surface area (Å²) in [6, 6.07) is 3.97. The van der Waals surface area contributed by atoms with Crippen LogP contribution in [0.3, 0.4) is 0 Å². The van der Waals surface area contributed by atoms with Crippen LogP contribution in [0.5, 0.6) is 0 Å². The number of hydrogen-bond acceptors (Lipinski definition) is 4. The maximum Gasteiger partial charge on any atom is 0.233 e. The van der Waals surface area contributed by atoms with Gasteiger partial charge in [0.05, 0.1) is 11.9 Å². The molecule has 0 aromatic carbocycles. The molecule has 2 aliphatic heterocycles. The fourth-order valence-corrected chi connectivity index (χ4v) is 3.66. The van der Waals surface area contributed by atoms with Crippen molar-refractivity contribution >= 4 is 17.7 Å². The van der Waals surface area contributed by atoms with Crippen molar-refractivity contribution in [2.24, 2.45) is 0 Å². The summed E-state index contributed by atoms with van der Waals surface area (Å²) in [6.45, 7) is 1.55. The molecule has 0 bridgehead atoms. The lowest BCUT2D eigenvalue weighted by atomic mass is 10.2. The molecule has 0 unspecified atom stereocenters. The number of rotatable bonds is 3. The average molecular weight is 264 g/mol. The van der Waals surface area contributed by atoms with Crippen molar-refractivity contribution < 1.29 is 9.53 Å². The Kier molecular flexibility index (Phi) is 3.52. The molecule has 5 heteroatoms. The Bertz CT molecular complexity index is 420. The van der Waals surface area contributed by atoms with E-state index in [0.717, 1.165) is 31.6 Å². The number of amides is 1. The fraction of sp³-hybridized carbons (Fsp3) is 0.538. The Morgan fingerprint density at radius 3 is 3.00 bits per heavy atom. The van der Waals surface area contributed by atoms with E-state index in [4.69, 9.17) is 4.74 Å². The maximum atomic E-state index is 12.0. The second-order valence-corrected chi connectivity index (χ2v) is 5.69. The van der Waals surface area contributed by atoms with E-state index in [1.165, 1.54) is 0 Å². The van der Waals surface area contributed by atoms with Crippen molar-refractivity contribution in [3.8, 4) is 0 Å². The molecule has 2 aliphatic rings. The number of nitrogens with zero attached hydrogens (tertiary/aromatic N) is 2. The van der Waals surface area contributed by atoms with Crippen molar-refractivity contribution in [1.29, 1.82) is 0 Å². The smallest absolute Gasteiger partial charge is 0.233 e. The fourth-order valence-electron chi connectivity index (χ4n) is 2.46. The SMILES string of the molecule is O=C1CS[C@@H](c2ccncc2)N1C[C@@H]1CCCO1. The van der Waals surface area contributed by atoms with E-state index in [9.17, 15) is 4.79 Å². The summed E-state index contributed by atoms with van der Waals surface area (Å²) in [7, 11) is 0. The molecular weight excluding hydrogens is 248 g/mol. The van der Waals surface area contributed by atoms with Gasteiger partial charge in [-0.1, -0.05) is 0 Å². The number of pyridine rings is 1. The lowest BCUT2D eigenvalue weighted by Crippen LogP contribution is -2.35. The van der Waals surface area contributed by atoms with Crippen molar-refractivity contribution in [2.45, 2.75) is 24.3 Å². The van der Waals surface area contributed by atoms with Crippen LogP contribution < -0.4 is 0 Å². The average Bonchev–Trinajstić information content (AvgIpc) is 3.03. The summed E-state index contributed by atoms with van der Waals surface area (Å²) < 4.78 is 5.63. The van der Waals surface area contributed by atoms with Crippen LogP contribution in [-0.4, -0.2) is 40.8 Å². The molecule has 4 nitrogen and oxygen atoms in total. The van der Waals surface area contributed by atoms with Crippen molar-refractivity contribution in [1.82, 2.24) is 9.88 Å². The summed E-state index contributed by atoms with van der Waals surface area (Å²) in [5, 5.41) is 0.129. The molecule has 3 rings (SSSR count). The molecule has 1 aromatic heterocycles. The number of aromatic nitrogens is 1. The largest absolute Gasteiger partial charge is 0.376 e. The van der Waals surface area contributed by atoms with Gasteiger partial charge in [0.1, 0.15) is 5.37 Å². The number of ether oxygens (including phenoxy) is 1. The summed E-state index contributed by atoms with van der Waals surface area (Å²) >= 11 is 1.69. The second-order valence-electron chi connectivity index (χ2n) is 4.63. The predicted molar refractivity (Wildman–Crippen MR) is 70.1 cm³/mol. The molecule has 0 N–H and O–H groups in total. The van der Waals surface area contributed by atoms with Gasteiger partial charge in [0.15, 0.2) is 0 Å². The summed E-state index contributed by atoms with van der Waals surface area (Å²) in [5.41, 5.74) is 1.15. The standard InChI is InChI=1S/C13H16N2O2S/c16-12-9-18-13(10-3-5-14-6-4-10)15(12)8-11-2-1-7-17-11/h3-6,11,13H,1-2,7-9H2/t11-,13-/m0/s1. The van der Waals surface area contributed by atoms with Crippen LogP contribution >= 0.6 is 11.8 Å². The van der Waals surface area contributed by atoms with Crippen molar-refractivity contribution in [3.05, 3.63) is 30.1 Å². The number of carbonyl (C=O) groups excluding carboxylic acids is 1. The molecule has 3 heterocycles. The van der Waals surface area contributed by atoms with Gasteiger partial charge in [0.2, 0.25) is 5.91 Å². The van der Waals surface area contributed by atoms with E-state index in [-0.39, 0.29) is 17.4 Å². The minimum atomic E-state index is 0.129. The molecule has 2 atom stereocenters. The van der Waals surface area contributed by atoms with E-state index in [1.807, 2.05) is 17.0 Å². The van der Waals surface area contributed by atoms with Crippen LogP contribution in [0, 0.1) is 0 Å². The highest BCUT2D eigenvalue weighted by Gasteiger charge is 2.35. The molecule has 0 spiro atoms. The monoisotopic (exact) mass is 264 g/mol. The molecule has 0 radical (unpaired) electrons. The molecule has 0 aliphatic carbocycles. The van der Waals surface area contributed by atoms with Gasteiger partial charge in [-0.25, -0.2) is 0 Å². The van der Waals surface area contributed by atoms with Crippen LogP contribution in [0.15, 0.2) is 24.5 Å². The molecule has 96 valence electrons. The Labute approximate surface area is 111 Å². The third-order valence-electron chi connectivity index (χ3n) is 3.38. The van der Waals surface area contributed by atoms with Crippen LogP contribution in [0.2, 0.25) is 0 Å². The highest BCUT2D eigenvalue weighted by molar-refractivity contribution is 8.00. The summed E-state index contributed by atoms with van der Waals surface area (Å²) in [4.78, 5) is 18.0. The topological polar surface area (TPSA) is 42.4 Å². The third-order valence-corrected chi connectivity index (χ3v) is 4.64. The first kappa shape index (κ1) is 12.0. The van der Waals surface area contributed by atoms with Crippen LogP contribution in [0.4, 0.5) is 0 Å². The highest BCUT2D eigenvalue weighted by Crippen LogP contribution is 2.38. The van der Waals surface area contributed by atoms with Crippen molar-refractivity contribution in [2.75, 3.05) is 18.9 Å². The van der Waals surface area contributed by atoms with E-state index in [1.54, 1.807) is 24.2 Å². The Morgan fingerprint density at radius 1 is 1.44 bits per heavy atom. The quantitative estimate of drug-likeness (QED) is 0.835. The maximum absolute atomic E-state index is 12.0. The summed E-state index contributed by atoms with van der Waals surface area (Å²) in [6.07, 6.45) is 5.96. The Morgan fingerprint density at radius 2 is 2.28 bits per heavy atom. The van der Waals surface area contributed by atoms with E-state index in [0.29, 0.717) is 5.75 Å². The first-order valence-corrected chi connectivity index (χ1v) is 7.32. The zero-order valence-corrected chi connectivity index (χ0v) is 10.9. The molecular formula is C13H16N2O2S.